The summed E-state index contributed by atoms with van der Waals surface area (Å²) in [6, 6.07) is 10.4. The summed E-state index contributed by atoms with van der Waals surface area (Å²) < 4.78 is 5.10. The molecule has 0 aliphatic rings. The highest BCUT2D eigenvalue weighted by Gasteiger charge is 2.04. The minimum atomic E-state index is 0.619. The van der Waals surface area contributed by atoms with Gasteiger partial charge in [0.15, 0.2) is 5.76 Å². The lowest BCUT2D eigenvalue weighted by molar-refractivity contribution is 0.432. The lowest BCUT2D eigenvalue weighted by Crippen LogP contribution is -1.90. The molecule has 0 aliphatic carbocycles. The Morgan fingerprint density at radius 2 is 1.93 bits per heavy atom. The molecule has 0 amide bonds. The SMILES string of the molecule is CCC(C)c1ccc(-c2ccno2)cc1. The molecule has 15 heavy (non-hydrogen) atoms. The van der Waals surface area contributed by atoms with Gasteiger partial charge in [0, 0.05) is 11.6 Å². The summed E-state index contributed by atoms with van der Waals surface area (Å²) in [6.45, 7) is 4.44. The summed E-state index contributed by atoms with van der Waals surface area (Å²) >= 11 is 0. The molecule has 1 aromatic heterocycles. The van der Waals surface area contributed by atoms with Crippen LogP contribution < -0.4 is 0 Å². The average Bonchev–Trinajstić information content (AvgIpc) is 2.82. The predicted octanol–water partition coefficient (Wildman–Crippen LogP) is 3.86. The van der Waals surface area contributed by atoms with Crippen molar-refractivity contribution < 1.29 is 4.52 Å². The molecule has 1 heterocycles. The Morgan fingerprint density at radius 1 is 1.20 bits per heavy atom. The van der Waals surface area contributed by atoms with E-state index in [1.165, 1.54) is 12.0 Å². The molecular weight excluding hydrogens is 186 g/mol. The third-order valence-corrected chi connectivity index (χ3v) is 2.81. The van der Waals surface area contributed by atoms with Crippen molar-refractivity contribution in [1.29, 1.82) is 0 Å². The molecule has 1 unspecified atom stereocenters. The normalized spacial score (nSPS) is 12.7. The highest BCUT2D eigenvalue weighted by molar-refractivity contribution is 5.57. The second kappa shape index (κ2) is 4.30. The second-order valence-corrected chi connectivity index (χ2v) is 3.81. The van der Waals surface area contributed by atoms with E-state index in [0.717, 1.165) is 11.3 Å². The van der Waals surface area contributed by atoms with Gasteiger partial charge in [0.1, 0.15) is 0 Å². The van der Waals surface area contributed by atoms with Crippen LogP contribution in [0.25, 0.3) is 11.3 Å². The van der Waals surface area contributed by atoms with Crippen molar-refractivity contribution in [2.45, 2.75) is 26.2 Å². The van der Waals surface area contributed by atoms with Crippen molar-refractivity contribution in [2.24, 2.45) is 0 Å². The van der Waals surface area contributed by atoms with Gasteiger partial charge in [0.05, 0.1) is 6.20 Å². The first kappa shape index (κ1) is 9.97. The maximum absolute atomic E-state index is 5.10. The van der Waals surface area contributed by atoms with Crippen molar-refractivity contribution in [3.05, 3.63) is 42.1 Å². The van der Waals surface area contributed by atoms with Crippen LogP contribution in [0.5, 0.6) is 0 Å². The largest absolute Gasteiger partial charge is 0.356 e. The lowest BCUT2D eigenvalue weighted by Gasteiger charge is -2.08. The molecule has 0 fully saturated rings. The topological polar surface area (TPSA) is 26.0 Å². The molecule has 2 nitrogen and oxygen atoms in total. The third kappa shape index (κ3) is 2.09. The molecule has 0 saturated heterocycles. The van der Waals surface area contributed by atoms with Gasteiger partial charge in [-0.1, -0.05) is 43.3 Å². The zero-order chi connectivity index (χ0) is 10.7. The predicted molar refractivity (Wildman–Crippen MR) is 60.6 cm³/mol. The van der Waals surface area contributed by atoms with Gasteiger partial charge in [-0.3, -0.25) is 0 Å². The summed E-state index contributed by atoms with van der Waals surface area (Å²) in [5, 5.41) is 3.70. The van der Waals surface area contributed by atoms with E-state index in [1.807, 2.05) is 6.07 Å². The van der Waals surface area contributed by atoms with Gasteiger partial charge in [0.25, 0.3) is 0 Å². The Hall–Kier alpha value is -1.57. The zero-order valence-corrected chi connectivity index (χ0v) is 9.10. The fourth-order valence-electron chi connectivity index (χ4n) is 1.58. The van der Waals surface area contributed by atoms with Crippen LogP contribution in [0.3, 0.4) is 0 Å². The minimum absolute atomic E-state index is 0.619. The summed E-state index contributed by atoms with van der Waals surface area (Å²) in [7, 11) is 0. The Morgan fingerprint density at radius 3 is 2.47 bits per heavy atom. The maximum Gasteiger partial charge on any atom is 0.166 e. The summed E-state index contributed by atoms with van der Waals surface area (Å²) in [6.07, 6.45) is 2.83. The van der Waals surface area contributed by atoms with Gasteiger partial charge in [0.2, 0.25) is 0 Å². The second-order valence-electron chi connectivity index (χ2n) is 3.81. The number of nitrogens with zero attached hydrogens (tertiary/aromatic N) is 1. The van der Waals surface area contributed by atoms with Crippen LogP contribution in [0.1, 0.15) is 31.7 Å². The Bertz CT molecular complexity index is 403. The lowest BCUT2D eigenvalue weighted by atomic mass is 9.97. The van der Waals surface area contributed by atoms with E-state index in [0.29, 0.717) is 5.92 Å². The highest BCUT2D eigenvalue weighted by Crippen LogP contribution is 2.23. The molecule has 0 saturated carbocycles. The first-order valence-electron chi connectivity index (χ1n) is 5.32. The van der Waals surface area contributed by atoms with Crippen LogP contribution in [-0.2, 0) is 0 Å². The van der Waals surface area contributed by atoms with E-state index in [1.54, 1.807) is 6.20 Å². The van der Waals surface area contributed by atoms with Gasteiger partial charge in [-0.05, 0) is 17.9 Å². The van der Waals surface area contributed by atoms with Gasteiger partial charge in [-0.2, -0.15) is 0 Å². The summed E-state index contributed by atoms with van der Waals surface area (Å²) in [4.78, 5) is 0. The molecule has 0 radical (unpaired) electrons. The molecule has 78 valence electrons. The van der Waals surface area contributed by atoms with E-state index >= 15 is 0 Å². The Kier molecular flexibility index (Phi) is 2.86. The molecule has 1 atom stereocenters. The first-order valence-corrected chi connectivity index (χ1v) is 5.32. The maximum atomic E-state index is 5.10. The molecule has 0 aliphatic heterocycles. The highest BCUT2D eigenvalue weighted by atomic mass is 16.5. The number of hydrogen-bond acceptors (Lipinski definition) is 2. The van der Waals surface area contributed by atoms with Crippen LogP contribution >= 0.6 is 0 Å². The van der Waals surface area contributed by atoms with Crippen LogP contribution in [-0.4, -0.2) is 5.16 Å². The molecule has 0 N–H and O–H groups in total. The monoisotopic (exact) mass is 201 g/mol. The molecular formula is C13H15NO. The molecule has 2 rings (SSSR count). The Balaban J connectivity index is 2.25. The number of hydrogen-bond donors (Lipinski definition) is 0. The zero-order valence-electron chi connectivity index (χ0n) is 9.10. The van der Waals surface area contributed by atoms with E-state index in [2.05, 4.69) is 43.3 Å². The molecule has 0 spiro atoms. The van der Waals surface area contributed by atoms with Crippen molar-refractivity contribution in [1.82, 2.24) is 5.16 Å². The van der Waals surface area contributed by atoms with Gasteiger partial charge in [-0.15, -0.1) is 0 Å². The number of aromatic nitrogens is 1. The van der Waals surface area contributed by atoms with Gasteiger partial charge in [-0.25, -0.2) is 0 Å². The molecule has 2 heteroatoms. The summed E-state index contributed by atoms with van der Waals surface area (Å²) in [5.41, 5.74) is 2.46. The quantitative estimate of drug-likeness (QED) is 0.753. The molecule has 0 bridgehead atoms. The Labute approximate surface area is 89.9 Å². The van der Waals surface area contributed by atoms with Crippen molar-refractivity contribution in [2.75, 3.05) is 0 Å². The average molecular weight is 201 g/mol. The fraction of sp³-hybridized carbons (Fsp3) is 0.308. The van der Waals surface area contributed by atoms with Crippen LogP contribution in [0, 0.1) is 0 Å². The van der Waals surface area contributed by atoms with E-state index in [4.69, 9.17) is 4.52 Å². The first-order chi connectivity index (χ1) is 7.31. The van der Waals surface area contributed by atoms with E-state index in [9.17, 15) is 0 Å². The fourth-order valence-corrected chi connectivity index (χ4v) is 1.58. The van der Waals surface area contributed by atoms with E-state index < -0.39 is 0 Å². The molecule has 1 aromatic carbocycles. The molecule has 2 aromatic rings. The van der Waals surface area contributed by atoms with Gasteiger partial charge < -0.3 is 4.52 Å². The van der Waals surface area contributed by atoms with Crippen molar-refractivity contribution >= 4 is 0 Å². The summed E-state index contributed by atoms with van der Waals surface area (Å²) in [5.74, 6) is 1.44. The standard InChI is InChI=1S/C13H15NO/c1-3-10(2)11-4-6-12(7-5-11)13-8-9-14-15-13/h4-10H,3H2,1-2H3. The van der Waals surface area contributed by atoms with Crippen LogP contribution in [0.2, 0.25) is 0 Å². The number of rotatable bonds is 3. The van der Waals surface area contributed by atoms with Gasteiger partial charge >= 0.3 is 0 Å². The minimum Gasteiger partial charge on any atom is -0.356 e. The third-order valence-electron chi connectivity index (χ3n) is 2.81. The number of benzene rings is 1. The van der Waals surface area contributed by atoms with Crippen molar-refractivity contribution in [3.8, 4) is 11.3 Å². The van der Waals surface area contributed by atoms with E-state index in [-0.39, 0.29) is 0 Å². The van der Waals surface area contributed by atoms with Crippen LogP contribution in [0.4, 0.5) is 0 Å². The van der Waals surface area contributed by atoms with Crippen LogP contribution in [0.15, 0.2) is 41.1 Å². The smallest absolute Gasteiger partial charge is 0.166 e. The van der Waals surface area contributed by atoms with Crippen molar-refractivity contribution in [3.63, 3.8) is 0 Å².